The zero-order valence-corrected chi connectivity index (χ0v) is 8.92. The predicted octanol–water partition coefficient (Wildman–Crippen LogP) is 3.59. The first-order chi connectivity index (χ1) is 7.12. The van der Waals surface area contributed by atoms with E-state index in [1.165, 1.54) is 12.1 Å². The highest BCUT2D eigenvalue weighted by atomic mass is 19.1. The third-order valence-electron chi connectivity index (χ3n) is 3.36. The number of ketones is 1. The molecule has 0 unspecified atom stereocenters. The summed E-state index contributed by atoms with van der Waals surface area (Å²) in [6.45, 7) is 2.02. The number of Topliss-reactive ketones (excluding diaryl/α,β-unsaturated/α-hetero) is 1. The fraction of sp³-hybridized carbons (Fsp3) is 0.462. The van der Waals surface area contributed by atoms with Crippen LogP contribution in [0.3, 0.4) is 0 Å². The van der Waals surface area contributed by atoms with Gasteiger partial charge < -0.3 is 0 Å². The van der Waals surface area contributed by atoms with E-state index in [-0.39, 0.29) is 17.0 Å². The van der Waals surface area contributed by atoms with E-state index in [1.807, 2.05) is 6.92 Å². The van der Waals surface area contributed by atoms with Crippen LogP contribution in [0.5, 0.6) is 0 Å². The molecule has 0 amide bonds. The van der Waals surface area contributed by atoms with Gasteiger partial charge in [0.2, 0.25) is 0 Å². The largest absolute Gasteiger partial charge is 0.294 e. The molecule has 2 rings (SSSR count). The average Bonchev–Trinajstić information content (AvgIpc) is 2.67. The second kappa shape index (κ2) is 3.76. The minimum absolute atomic E-state index is 0.167. The highest BCUT2D eigenvalue weighted by Crippen LogP contribution is 2.40. The molecular weight excluding hydrogens is 191 g/mol. The number of rotatable bonds is 2. The molecule has 1 saturated carbocycles. The van der Waals surface area contributed by atoms with Crippen LogP contribution in [0, 0.1) is 11.2 Å². The first-order valence-corrected chi connectivity index (χ1v) is 5.42. The van der Waals surface area contributed by atoms with Crippen LogP contribution in [0.4, 0.5) is 4.39 Å². The van der Waals surface area contributed by atoms with E-state index >= 15 is 0 Å². The van der Waals surface area contributed by atoms with Crippen molar-refractivity contribution in [2.75, 3.05) is 0 Å². The number of carbonyl (C=O) groups excluding carboxylic acids is 1. The van der Waals surface area contributed by atoms with Crippen molar-refractivity contribution in [2.24, 2.45) is 5.41 Å². The Hall–Kier alpha value is -1.18. The molecule has 2 heteroatoms. The summed E-state index contributed by atoms with van der Waals surface area (Å²) in [4.78, 5) is 12.2. The lowest BCUT2D eigenvalue weighted by Gasteiger charge is -2.21. The van der Waals surface area contributed by atoms with Crippen molar-refractivity contribution in [2.45, 2.75) is 32.6 Å². The molecular formula is C13H15FO. The van der Waals surface area contributed by atoms with Gasteiger partial charge in [0.05, 0.1) is 0 Å². The number of benzene rings is 1. The summed E-state index contributed by atoms with van der Waals surface area (Å²) in [5.74, 6) is -0.122. The summed E-state index contributed by atoms with van der Waals surface area (Å²) in [7, 11) is 0. The smallest absolute Gasteiger partial charge is 0.168 e. The highest BCUT2D eigenvalue weighted by molar-refractivity contribution is 6.00. The Morgan fingerprint density at radius 2 is 1.73 bits per heavy atom. The Bertz CT molecular complexity index is 361. The third kappa shape index (κ3) is 1.94. The molecule has 0 aliphatic heterocycles. The van der Waals surface area contributed by atoms with E-state index in [1.54, 1.807) is 12.1 Å². The molecule has 15 heavy (non-hydrogen) atoms. The topological polar surface area (TPSA) is 17.1 Å². The van der Waals surface area contributed by atoms with Gasteiger partial charge in [-0.25, -0.2) is 4.39 Å². The van der Waals surface area contributed by atoms with Gasteiger partial charge in [-0.15, -0.1) is 0 Å². The first-order valence-electron chi connectivity index (χ1n) is 5.42. The lowest BCUT2D eigenvalue weighted by Crippen LogP contribution is -2.24. The van der Waals surface area contributed by atoms with E-state index in [2.05, 4.69) is 0 Å². The molecule has 1 aliphatic rings. The van der Waals surface area contributed by atoms with Gasteiger partial charge in [0.25, 0.3) is 0 Å². The molecule has 0 aromatic heterocycles. The summed E-state index contributed by atoms with van der Waals surface area (Å²) in [6.07, 6.45) is 4.18. The van der Waals surface area contributed by atoms with Crippen molar-refractivity contribution in [3.8, 4) is 0 Å². The van der Waals surface area contributed by atoms with Crippen LogP contribution in [-0.4, -0.2) is 5.78 Å². The molecule has 80 valence electrons. The summed E-state index contributed by atoms with van der Waals surface area (Å²) >= 11 is 0. The lowest BCUT2D eigenvalue weighted by atomic mass is 9.81. The maximum Gasteiger partial charge on any atom is 0.168 e. The molecule has 1 aromatic carbocycles. The molecule has 0 spiro atoms. The van der Waals surface area contributed by atoms with Crippen molar-refractivity contribution in [3.05, 3.63) is 35.6 Å². The van der Waals surface area contributed by atoms with Crippen LogP contribution in [0.25, 0.3) is 0 Å². The molecule has 1 fully saturated rings. The van der Waals surface area contributed by atoms with Crippen LogP contribution in [-0.2, 0) is 0 Å². The second-order valence-electron chi connectivity index (χ2n) is 4.60. The van der Waals surface area contributed by atoms with Crippen molar-refractivity contribution >= 4 is 5.78 Å². The van der Waals surface area contributed by atoms with Crippen molar-refractivity contribution in [3.63, 3.8) is 0 Å². The van der Waals surface area contributed by atoms with Crippen molar-refractivity contribution in [1.29, 1.82) is 0 Å². The fourth-order valence-corrected chi connectivity index (χ4v) is 2.33. The normalized spacial score (nSPS) is 19.1. The van der Waals surface area contributed by atoms with E-state index in [0.717, 1.165) is 25.7 Å². The van der Waals surface area contributed by atoms with Gasteiger partial charge >= 0.3 is 0 Å². The molecule has 1 aromatic rings. The van der Waals surface area contributed by atoms with Crippen LogP contribution in [0.15, 0.2) is 24.3 Å². The van der Waals surface area contributed by atoms with Gasteiger partial charge in [-0.3, -0.25) is 4.79 Å². The Labute approximate surface area is 89.3 Å². The van der Waals surface area contributed by atoms with E-state index < -0.39 is 0 Å². The van der Waals surface area contributed by atoms with Crippen molar-refractivity contribution in [1.82, 2.24) is 0 Å². The predicted molar refractivity (Wildman–Crippen MR) is 57.3 cm³/mol. The van der Waals surface area contributed by atoms with E-state index in [0.29, 0.717) is 5.56 Å². The number of hydrogen-bond acceptors (Lipinski definition) is 1. The van der Waals surface area contributed by atoms with Gasteiger partial charge in [0, 0.05) is 11.0 Å². The summed E-state index contributed by atoms with van der Waals surface area (Å²) in [5, 5.41) is 0. The van der Waals surface area contributed by atoms with Crippen LogP contribution < -0.4 is 0 Å². The van der Waals surface area contributed by atoms with Crippen LogP contribution in [0.1, 0.15) is 43.0 Å². The molecule has 1 aliphatic carbocycles. The molecule has 0 bridgehead atoms. The standard InChI is InChI=1S/C13H15FO/c1-13(8-2-3-9-13)12(15)10-4-6-11(14)7-5-10/h4-7H,2-3,8-9H2,1H3. The maximum absolute atomic E-state index is 12.7. The highest BCUT2D eigenvalue weighted by Gasteiger charge is 2.36. The van der Waals surface area contributed by atoms with Gasteiger partial charge in [-0.2, -0.15) is 0 Å². The molecule has 0 heterocycles. The van der Waals surface area contributed by atoms with Crippen molar-refractivity contribution < 1.29 is 9.18 Å². The van der Waals surface area contributed by atoms with Crippen LogP contribution in [0.2, 0.25) is 0 Å². The summed E-state index contributed by atoms with van der Waals surface area (Å²) < 4.78 is 12.7. The van der Waals surface area contributed by atoms with Gasteiger partial charge in [0.15, 0.2) is 5.78 Å². The monoisotopic (exact) mass is 206 g/mol. The minimum atomic E-state index is -0.289. The first kappa shape index (κ1) is 10.3. The number of carbonyl (C=O) groups is 1. The Kier molecular flexibility index (Phi) is 2.59. The molecule has 0 radical (unpaired) electrons. The molecule has 0 saturated heterocycles. The zero-order chi connectivity index (χ0) is 10.9. The average molecular weight is 206 g/mol. The van der Waals surface area contributed by atoms with Gasteiger partial charge in [-0.05, 0) is 37.1 Å². The maximum atomic E-state index is 12.7. The van der Waals surface area contributed by atoms with E-state index in [9.17, 15) is 9.18 Å². The minimum Gasteiger partial charge on any atom is -0.294 e. The van der Waals surface area contributed by atoms with Crippen LogP contribution >= 0.6 is 0 Å². The third-order valence-corrected chi connectivity index (χ3v) is 3.36. The summed E-state index contributed by atoms with van der Waals surface area (Å²) in [6, 6.07) is 5.87. The molecule has 0 atom stereocenters. The Morgan fingerprint density at radius 1 is 1.20 bits per heavy atom. The Balaban J connectivity index is 2.24. The molecule has 1 nitrogen and oxygen atoms in total. The fourth-order valence-electron chi connectivity index (χ4n) is 2.33. The summed E-state index contributed by atoms with van der Waals surface area (Å²) in [5.41, 5.74) is 0.429. The SMILES string of the molecule is CC1(C(=O)c2ccc(F)cc2)CCCC1. The Morgan fingerprint density at radius 3 is 2.27 bits per heavy atom. The van der Waals surface area contributed by atoms with E-state index in [4.69, 9.17) is 0 Å². The number of halogens is 1. The quantitative estimate of drug-likeness (QED) is 0.676. The number of hydrogen-bond donors (Lipinski definition) is 0. The zero-order valence-electron chi connectivity index (χ0n) is 8.92. The molecule has 0 N–H and O–H groups in total. The van der Waals surface area contributed by atoms with Gasteiger partial charge in [0.1, 0.15) is 5.82 Å². The van der Waals surface area contributed by atoms with Gasteiger partial charge in [-0.1, -0.05) is 19.8 Å². The second-order valence-corrected chi connectivity index (χ2v) is 4.60. The lowest BCUT2D eigenvalue weighted by molar-refractivity contribution is 0.0823.